The molecule has 24 heavy (non-hydrogen) atoms. The van der Waals surface area contributed by atoms with E-state index in [4.69, 9.17) is 0 Å². The molecular formula is C19H27FN2O2. The van der Waals surface area contributed by atoms with Crippen LogP contribution in [-0.2, 0) is 11.2 Å². The summed E-state index contributed by atoms with van der Waals surface area (Å²) in [5, 5.41) is 13.7. The van der Waals surface area contributed by atoms with Gasteiger partial charge in [-0.15, -0.1) is 0 Å². The monoisotopic (exact) mass is 334 g/mol. The normalized spacial score (nSPS) is 27.9. The van der Waals surface area contributed by atoms with Gasteiger partial charge in [-0.25, -0.2) is 4.39 Å². The highest BCUT2D eigenvalue weighted by Crippen LogP contribution is 2.47. The average molecular weight is 334 g/mol. The van der Waals surface area contributed by atoms with E-state index in [0.717, 1.165) is 37.9 Å². The van der Waals surface area contributed by atoms with Crippen molar-refractivity contribution >= 4 is 5.91 Å². The Morgan fingerprint density at radius 3 is 2.71 bits per heavy atom. The lowest BCUT2D eigenvalue weighted by Crippen LogP contribution is -2.54. The van der Waals surface area contributed by atoms with Crippen LogP contribution in [0.25, 0.3) is 0 Å². The number of amides is 1. The summed E-state index contributed by atoms with van der Waals surface area (Å²) in [6, 6.07) is 6.36. The summed E-state index contributed by atoms with van der Waals surface area (Å²) in [5.74, 6) is 0.458. The number of nitrogens with zero attached hydrogens (tertiary/aromatic N) is 1. The minimum Gasteiger partial charge on any atom is -0.389 e. The first-order valence-corrected chi connectivity index (χ1v) is 8.93. The van der Waals surface area contributed by atoms with E-state index >= 15 is 0 Å². The van der Waals surface area contributed by atoms with Crippen LogP contribution in [-0.4, -0.2) is 47.7 Å². The Hall–Kier alpha value is -1.46. The van der Waals surface area contributed by atoms with Gasteiger partial charge >= 0.3 is 0 Å². The quantitative estimate of drug-likeness (QED) is 0.836. The summed E-state index contributed by atoms with van der Waals surface area (Å²) in [6.45, 7) is 4.59. The first kappa shape index (κ1) is 17.4. The van der Waals surface area contributed by atoms with Crippen LogP contribution in [0.15, 0.2) is 24.3 Å². The third kappa shape index (κ3) is 4.14. The Morgan fingerprint density at radius 1 is 1.38 bits per heavy atom. The Balaban J connectivity index is 1.38. The minimum absolute atomic E-state index is 0.0150. The smallest absolute Gasteiger partial charge is 0.234 e. The lowest BCUT2D eigenvalue weighted by Gasteiger charge is -2.43. The number of hydrogen-bond donors (Lipinski definition) is 2. The van der Waals surface area contributed by atoms with E-state index in [2.05, 4.69) is 17.1 Å². The van der Waals surface area contributed by atoms with Gasteiger partial charge in [0, 0.05) is 19.6 Å². The van der Waals surface area contributed by atoms with E-state index in [0.29, 0.717) is 25.4 Å². The van der Waals surface area contributed by atoms with Gasteiger partial charge < -0.3 is 10.4 Å². The van der Waals surface area contributed by atoms with Gasteiger partial charge in [-0.3, -0.25) is 9.69 Å². The van der Waals surface area contributed by atoms with Crippen molar-refractivity contribution in [2.75, 3.05) is 26.2 Å². The first-order chi connectivity index (χ1) is 11.5. The molecule has 1 aromatic carbocycles. The van der Waals surface area contributed by atoms with Gasteiger partial charge in [-0.05, 0) is 55.2 Å². The molecule has 1 saturated heterocycles. The highest BCUT2D eigenvalue weighted by molar-refractivity contribution is 5.78. The van der Waals surface area contributed by atoms with Crippen molar-refractivity contribution in [1.29, 1.82) is 0 Å². The third-order valence-electron chi connectivity index (χ3n) is 5.51. The van der Waals surface area contributed by atoms with E-state index in [1.165, 1.54) is 12.1 Å². The lowest BCUT2D eigenvalue weighted by atomic mass is 9.78. The molecule has 2 N–H and O–H groups in total. The van der Waals surface area contributed by atoms with E-state index < -0.39 is 5.60 Å². The van der Waals surface area contributed by atoms with Gasteiger partial charge in [0.25, 0.3) is 0 Å². The highest BCUT2D eigenvalue weighted by atomic mass is 19.1. The van der Waals surface area contributed by atoms with Gasteiger partial charge in [0.1, 0.15) is 5.82 Å². The summed E-state index contributed by atoms with van der Waals surface area (Å²) in [4.78, 5) is 14.2. The van der Waals surface area contributed by atoms with Crippen LogP contribution < -0.4 is 5.32 Å². The maximum Gasteiger partial charge on any atom is 0.234 e. The van der Waals surface area contributed by atoms with E-state index in [-0.39, 0.29) is 17.6 Å². The van der Waals surface area contributed by atoms with Gasteiger partial charge in [-0.1, -0.05) is 19.1 Å². The Bertz CT molecular complexity index is 573. The zero-order valence-electron chi connectivity index (χ0n) is 14.3. The molecule has 2 aliphatic rings. The minimum atomic E-state index is -0.518. The standard InChI is InChI=1S/C19H27FN2O2/c1-14-12-22(11-9-19(14,24)16-4-5-16)13-18(23)21-10-8-15-2-6-17(20)7-3-15/h2-3,6-7,14,16,24H,4-5,8-13H2,1H3,(H,21,23)/t14-,19+/m1/s1. The molecule has 1 heterocycles. The zero-order chi connectivity index (χ0) is 17.2. The molecule has 0 unspecified atom stereocenters. The second-order valence-corrected chi connectivity index (χ2v) is 7.38. The average Bonchev–Trinajstić information content (AvgIpc) is 3.38. The molecule has 2 fully saturated rings. The number of carbonyl (C=O) groups is 1. The summed E-state index contributed by atoms with van der Waals surface area (Å²) < 4.78 is 12.8. The van der Waals surface area contributed by atoms with Crippen molar-refractivity contribution < 1.29 is 14.3 Å². The molecule has 0 aromatic heterocycles. The second-order valence-electron chi connectivity index (χ2n) is 7.38. The van der Waals surface area contributed by atoms with Crippen LogP contribution in [0.2, 0.25) is 0 Å². The molecule has 1 amide bonds. The summed E-state index contributed by atoms with van der Waals surface area (Å²) in [7, 11) is 0. The fraction of sp³-hybridized carbons (Fsp3) is 0.632. The van der Waals surface area contributed by atoms with Gasteiger partial charge in [0.2, 0.25) is 5.91 Å². The summed E-state index contributed by atoms with van der Waals surface area (Å²) in [5.41, 5.74) is 0.494. The van der Waals surface area contributed by atoms with E-state index in [1.54, 1.807) is 12.1 Å². The molecule has 0 spiro atoms. The molecule has 3 rings (SSSR count). The molecule has 2 atom stereocenters. The molecule has 5 heteroatoms. The number of carbonyl (C=O) groups excluding carboxylic acids is 1. The molecule has 0 radical (unpaired) electrons. The molecule has 0 bridgehead atoms. The van der Waals surface area contributed by atoms with Crippen molar-refractivity contribution in [2.45, 2.75) is 38.2 Å². The zero-order valence-corrected chi connectivity index (χ0v) is 14.3. The predicted octanol–water partition coefficient (Wildman–Crippen LogP) is 1.97. The lowest BCUT2D eigenvalue weighted by molar-refractivity contribution is -0.125. The number of nitrogens with one attached hydrogen (secondary N) is 1. The Kier molecular flexibility index (Phi) is 5.21. The fourth-order valence-corrected chi connectivity index (χ4v) is 3.81. The number of rotatable bonds is 6. The number of aliphatic hydroxyl groups is 1. The Morgan fingerprint density at radius 2 is 2.08 bits per heavy atom. The van der Waals surface area contributed by atoms with Crippen LogP contribution in [0.5, 0.6) is 0 Å². The van der Waals surface area contributed by atoms with Crippen molar-refractivity contribution in [1.82, 2.24) is 10.2 Å². The topological polar surface area (TPSA) is 52.6 Å². The molecule has 1 saturated carbocycles. The van der Waals surface area contributed by atoms with Gasteiger partial charge in [0.05, 0.1) is 12.1 Å². The number of benzene rings is 1. The molecule has 132 valence electrons. The second kappa shape index (κ2) is 7.19. The predicted molar refractivity (Wildman–Crippen MR) is 91.0 cm³/mol. The van der Waals surface area contributed by atoms with Crippen molar-refractivity contribution in [3.8, 4) is 0 Å². The van der Waals surface area contributed by atoms with Crippen molar-refractivity contribution in [2.24, 2.45) is 11.8 Å². The van der Waals surface area contributed by atoms with Crippen LogP contribution in [0.3, 0.4) is 0 Å². The number of likely N-dealkylation sites (tertiary alicyclic amines) is 1. The Labute approximate surface area is 143 Å². The van der Waals surface area contributed by atoms with Gasteiger partial charge in [-0.2, -0.15) is 0 Å². The molecule has 1 aliphatic carbocycles. The largest absolute Gasteiger partial charge is 0.389 e. The number of piperidine rings is 1. The van der Waals surface area contributed by atoms with Gasteiger partial charge in [0.15, 0.2) is 0 Å². The number of hydrogen-bond acceptors (Lipinski definition) is 3. The maximum absolute atomic E-state index is 12.8. The molecular weight excluding hydrogens is 307 g/mol. The van der Waals surface area contributed by atoms with Crippen molar-refractivity contribution in [3.63, 3.8) is 0 Å². The molecule has 1 aromatic rings. The number of halogens is 1. The van der Waals surface area contributed by atoms with Crippen LogP contribution in [0.1, 0.15) is 31.7 Å². The van der Waals surface area contributed by atoms with E-state index in [1.807, 2.05) is 0 Å². The van der Waals surface area contributed by atoms with E-state index in [9.17, 15) is 14.3 Å². The molecule has 4 nitrogen and oxygen atoms in total. The van der Waals surface area contributed by atoms with Crippen LogP contribution in [0.4, 0.5) is 4.39 Å². The maximum atomic E-state index is 12.8. The highest BCUT2D eigenvalue weighted by Gasteiger charge is 2.49. The van der Waals surface area contributed by atoms with Crippen LogP contribution in [0, 0.1) is 17.7 Å². The molecule has 1 aliphatic heterocycles. The van der Waals surface area contributed by atoms with Crippen molar-refractivity contribution in [3.05, 3.63) is 35.6 Å². The SMILES string of the molecule is C[C@@H]1CN(CC(=O)NCCc2ccc(F)cc2)CC[C@@]1(O)C1CC1. The third-order valence-corrected chi connectivity index (χ3v) is 5.51. The summed E-state index contributed by atoms with van der Waals surface area (Å²) in [6.07, 6.45) is 3.75. The van der Waals surface area contributed by atoms with Crippen LogP contribution >= 0.6 is 0 Å². The summed E-state index contributed by atoms with van der Waals surface area (Å²) >= 11 is 0. The fourth-order valence-electron chi connectivity index (χ4n) is 3.81. The first-order valence-electron chi connectivity index (χ1n) is 8.93.